The van der Waals surface area contributed by atoms with Crippen molar-refractivity contribution in [2.45, 2.75) is 26.3 Å². The van der Waals surface area contributed by atoms with E-state index in [-0.39, 0.29) is 18.0 Å². The van der Waals surface area contributed by atoms with Gasteiger partial charge in [-0.3, -0.25) is 14.5 Å². The summed E-state index contributed by atoms with van der Waals surface area (Å²) in [4.78, 5) is 27.0. The number of hydrogen-bond donors (Lipinski definition) is 2. The number of benzene rings is 3. The van der Waals surface area contributed by atoms with E-state index in [4.69, 9.17) is 0 Å². The van der Waals surface area contributed by atoms with Crippen LogP contribution in [0.3, 0.4) is 0 Å². The van der Waals surface area contributed by atoms with Crippen LogP contribution >= 0.6 is 0 Å². The number of carbonyl (C=O) groups is 2. The van der Waals surface area contributed by atoms with Gasteiger partial charge in [-0.15, -0.1) is 0 Å². The number of anilines is 2. The minimum absolute atomic E-state index is 0.228. The third-order valence-electron chi connectivity index (χ3n) is 5.50. The van der Waals surface area contributed by atoms with Gasteiger partial charge in [-0.05, 0) is 61.4 Å². The van der Waals surface area contributed by atoms with Gasteiger partial charge in [0.05, 0.1) is 12.5 Å². The van der Waals surface area contributed by atoms with Crippen molar-refractivity contribution in [2.75, 3.05) is 10.2 Å². The summed E-state index contributed by atoms with van der Waals surface area (Å²) in [6.45, 7) is 3.91. The van der Waals surface area contributed by atoms with Crippen LogP contribution in [0.15, 0.2) is 84.1 Å². The molecule has 4 rings (SSSR count). The average molecular weight is 430 g/mol. The Labute approximate surface area is 185 Å². The lowest BCUT2D eigenvalue weighted by Gasteiger charge is -2.27. The molecule has 1 aliphatic heterocycles. The first-order chi connectivity index (χ1) is 15.3. The summed E-state index contributed by atoms with van der Waals surface area (Å²) in [5, 5.41) is 12.8. The molecule has 0 aromatic heterocycles. The molecule has 0 unspecified atom stereocenters. The van der Waals surface area contributed by atoms with Gasteiger partial charge in [-0.1, -0.05) is 47.5 Å². The van der Waals surface area contributed by atoms with E-state index < -0.39 is 17.8 Å². The fraction of sp³-hybridized carbons (Fsp3) is 0.154. The third kappa shape index (κ3) is 4.25. The quantitative estimate of drug-likeness (QED) is 0.552. The molecule has 0 aliphatic carbocycles. The molecule has 5 nitrogen and oxygen atoms in total. The Morgan fingerprint density at radius 1 is 0.938 bits per heavy atom. The van der Waals surface area contributed by atoms with E-state index in [1.807, 2.05) is 62.4 Å². The van der Waals surface area contributed by atoms with E-state index in [9.17, 15) is 19.1 Å². The molecule has 1 heterocycles. The van der Waals surface area contributed by atoms with Gasteiger partial charge >= 0.3 is 5.97 Å². The summed E-state index contributed by atoms with van der Waals surface area (Å²) < 4.78 is 13.6. The van der Waals surface area contributed by atoms with Crippen molar-refractivity contribution < 1.29 is 19.1 Å². The Hall–Kier alpha value is -3.93. The Bertz CT molecular complexity index is 1180. The fourth-order valence-corrected chi connectivity index (χ4v) is 3.90. The molecule has 32 heavy (non-hydrogen) atoms. The summed E-state index contributed by atoms with van der Waals surface area (Å²) in [5.74, 6) is -1.78. The molecule has 1 atom stereocenters. The van der Waals surface area contributed by atoms with Gasteiger partial charge in [0.1, 0.15) is 11.5 Å². The van der Waals surface area contributed by atoms with E-state index in [0.29, 0.717) is 22.5 Å². The van der Waals surface area contributed by atoms with Gasteiger partial charge in [0, 0.05) is 11.4 Å². The van der Waals surface area contributed by atoms with Crippen LogP contribution in [-0.2, 0) is 9.59 Å². The predicted molar refractivity (Wildman–Crippen MR) is 122 cm³/mol. The molecule has 2 N–H and O–H groups in total. The van der Waals surface area contributed by atoms with Gasteiger partial charge in [0.2, 0.25) is 0 Å². The smallest absolute Gasteiger partial charge is 0.307 e. The number of amides is 1. The number of aliphatic carboxylic acids is 1. The molecule has 1 aliphatic rings. The standard InChI is InChI=1S/C26H23FN2O3/c1-16-3-11-20(12-4-16)28-24-22(15-23(30)31)25(18-7-9-19(27)10-8-18)29(26(24)32)21-13-5-17(2)6-14-21/h3-14,25,28H,15H2,1-2H3,(H,30,31)/t25-/m0/s1. The Morgan fingerprint density at radius 3 is 2.06 bits per heavy atom. The van der Waals surface area contributed by atoms with E-state index in [1.165, 1.54) is 12.1 Å². The molecule has 0 fully saturated rings. The number of hydrogen-bond acceptors (Lipinski definition) is 3. The van der Waals surface area contributed by atoms with Gasteiger partial charge < -0.3 is 10.4 Å². The van der Waals surface area contributed by atoms with Crippen molar-refractivity contribution in [3.8, 4) is 0 Å². The Kier molecular flexibility index (Phi) is 5.77. The summed E-state index contributed by atoms with van der Waals surface area (Å²) in [6.07, 6.45) is -0.329. The van der Waals surface area contributed by atoms with Crippen LogP contribution in [0, 0.1) is 19.7 Å². The number of aryl methyl sites for hydroxylation is 2. The van der Waals surface area contributed by atoms with Crippen molar-refractivity contribution in [1.29, 1.82) is 0 Å². The highest BCUT2D eigenvalue weighted by atomic mass is 19.1. The number of carboxylic acids is 1. The van der Waals surface area contributed by atoms with E-state index in [0.717, 1.165) is 11.1 Å². The molecule has 3 aromatic carbocycles. The fourth-order valence-electron chi connectivity index (χ4n) is 3.90. The van der Waals surface area contributed by atoms with E-state index >= 15 is 0 Å². The second-order valence-electron chi connectivity index (χ2n) is 7.93. The minimum Gasteiger partial charge on any atom is -0.481 e. The topological polar surface area (TPSA) is 69.6 Å². The SMILES string of the molecule is Cc1ccc(NC2=C(CC(=O)O)[C@H](c3ccc(F)cc3)N(c3ccc(C)cc3)C2=O)cc1. The number of nitrogens with zero attached hydrogens (tertiary/aromatic N) is 1. The average Bonchev–Trinajstić information content (AvgIpc) is 3.02. The highest BCUT2D eigenvalue weighted by Gasteiger charge is 2.41. The Balaban J connectivity index is 1.86. The van der Waals surface area contributed by atoms with Crippen LogP contribution < -0.4 is 10.2 Å². The molecular weight excluding hydrogens is 407 g/mol. The molecule has 162 valence electrons. The maximum atomic E-state index is 13.6. The van der Waals surface area contributed by atoms with Crippen LogP contribution in [0.5, 0.6) is 0 Å². The molecule has 3 aromatic rings. The van der Waals surface area contributed by atoms with Crippen LogP contribution in [0.4, 0.5) is 15.8 Å². The number of carbonyl (C=O) groups excluding carboxylic acids is 1. The second kappa shape index (κ2) is 8.67. The lowest BCUT2D eigenvalue weighted by atomic mass is 9.96. The first-order valence-corrected chi connectivity index (χ1v) is 10.3. The van der Waals surface area contributed by atoms with Gasteiger partial charge in [-0.25, -0.2) is 4.39 Å². The zero-order chi connectivity index (χ0) is 22.8. The minimum atomic E-state index is -1.05. The predicted octanol–water partition coefficient (Wildman–Crippen LogP) is 5.37. The summed E-state index contributed by atoms with van der Waals surface area (Å²) in [5.41, 5.74) is 4.72. The highest BCUT2D eigenvalue weighted by molar-refractivity contribution is 6.12. The number of rotatable bonds is 6. The third-order valence-corrected chi connectivity index (χ3v) is 5.50. The lowest BCUT2D eigenvalue weighted by molar-refractivity contribution is -0.136. The maximum Gasteiger partial charge on any atom is 0.307 e. The van der Waals surface area contributed by atoms with Crippen molar-refractivity contribution in [3.63, 3.8) is 0 Å². The summed E-state index contributed by atoms with van der Waals surface area (Å²) in [6, 6.07) is 20.1. The van der Waals surface area contributed by atoms with Crippen LogP contribution in [0.1, 0.15) is 29.2 Å². The highest BCUT2D eigenvalue weighted by Crippen LogP contribution is 2.43. The largest absolute Gasteiger partial charge is 0.481 e. The normalized spacial score (nSPS) is 15.9. The number of carboxylic acid groups (broad SMARTS) is 1. The molecule has 0 spiro atoms. The maximum absolute atomic E-state index is 13.6. The van der Waals surface area contributed by atoms with Gasteiger partial charge in [-0.2, -0.15) is 0 Å². The number of nitrogens with one attached hydrogen (secondary N) is 1. The van der Waals surface area contributed by atoms with Crippen LogP contribution in [0.2, 0.25) is 0 Å². The van der Waals surface area contributed by atoms with Crippen molar-refractivity contribution in [2.24, 2.45) is 0 Å². The lowest BCUT2D eigenvalue weighted by Crippen LogP contribution is -2.31. The van der Waals surface area contributed by atoms with Crippen LogP contribution in [-0.4, -0.2) is 17.0 Å². The van der Waals surface area contributed by atoms with Crippen molar-refractivity contribution >= 4 is 23.3 Å². The first kappa shape index (κ1) is 21.3. The zero-order valence-electron chi connectivity index (χ0n) is 17.8. The molecule has 0 radical (unpaired) electrons. The summed E-state index contributed by atoms with van der Waals surface area (Å²) in [7, 11) is 0. The van der Waals surface area contributed by atoms with E-state index in [1.54, 1.807) is 17.0 Å². The molecule has 0 bridgehead atoms. The molecule has 0 saturated heterocycles. The second-order valence-corrected chi connectivity index (χ2v) is 7.93. The van der Waals surface area contributed by atoms with Crippen molar-refractivity contribution in [3.05, 3.63) is 107 Å². The van der Waals surface area contributed by atoms with E-state index in [2.05, 4.69) is 5.32 Å². The van der Waals surface area contributed by atoms with Gasteiger partial charge in [0.25, 0.3) is 5.91 Å². The monoisotopic (exact) mass is 430 g/mol. The summed E-state index contributed by atoms with van der Waals surface area (Å²) >= 11 is 0. The molecule has 1 amide bonds. The van der Waals surface area contributed by atoms with Crippen molar-refractivity contribution in [1.82, 2.24) is 0 Å². The Morgan fingerprint density at radius 2 is 1.50 bits per heavy atom. The van der Waals surface area contributed by atoms with Crippen LogP contribution in [0.25, 0.3) is 0 Å². The molecule has 0 saturated carbocycles. The van der Waals surface area contributed by atoms with Gasteiger partial charge in [0.15, 0.2) is 0 Å². The first-order valence-electron chi connectivity index (χ1n) is 10.3. The molecule has 6 heteroatoms. The zero-order valence-corrected chi connectivity index (χ0v) is 17.8. The number of halogens is 1. The molecular formula is C26H23FN2O3.